The van der Waals surface area contributed by atoms with E-state index >= 15 is 0 Å². The predicted octanol–water partition coefficient (Wildman–Crippen LogP) is 4.39. The highest BCUT2D eigenvalue weighted by atomic mass is 35.5. The van der Waals surface area contributed by atoms with Gasteiger partial charge in [0.15, 0.2) is 0 Å². The van der Waals surface area contributed by atoms with Gasteiger partial charge in [0.25, 0.3) is 0 Å². The second-order valence-corrected chi connectivity index (χ2v) is 4.86. The molecule has 0 heterocycles. The molecule has 0 amide bonds. The summed E-state index contributed by atoms with van der Waals surface area (Å²) in [6, 6.07) is 15.3. The third-order valence-corrected chi connectivity index (χ3v) is 3.36. The summed E-state index contributed by atoms with van der Waals surface area (Å²) in [5.74, 6) is 0.634. The number of hydrogen-bond acceptors (Lipinski definition) is 3. The van der Waals surface area contributed by atoms with Crippen molar-refractivity contribution in [3.63, 3.8) is 0 Å². The lowest BCUT2D eigenvalue weighted by atomic mass is 10.1. The lowest BCUT2D eigenvalue weighted by Gasteiger charge is -2.17. The average Bonchev–Trinajstić information content (AvgIpc) is 2.49. The molecule has 0 aliphatic rings. The fourth-order valence-corrected chi connectivity index (χ4v) is 2.16. The smallest absolute Gasteiger partial charge is 0.139 e. The molecule has 0 bridgehead atoms. The topological polar surface area (TPSA) is 45.0 Å². The minimum atomic E-state index is 0.0779. The van der Waals surface area contributed by atoms with Gasteiger partial charge in [0.05, 0.1) is 23.8 Å². The molecule has 0 radical (unpaired) electrons. The normalized spacial score (nSPS) is 11.5. The van der Waals surface area contributed by atoms with Gasteiger partial charge in [-0.05, 0) is 36.8 Å². The molecule has 0 spiro atoms. The van der Waals surface area contributed by atoms with Crippen LogP contribution in [0.3, 0.4) is 0 Å². The third-order valence-electron chi connectivity index (χ3n) is 3.05. The van der Waals surface area contributed by atoms with Crippen LogP contribution >= 0.6 is 11.6 Å². The molecule has 20 heavy (non-hydrogen) atoms. The number of ether oxygens (including phenoxy) is 1. The van der Waals surface area contributed by atoms with Gasteiger partial charge < -0.3 is 10.1 Å². The lowest BCUT2D eigenvalue weighted by molar-refractivity contribution is 0.415. The Hall–Kier alpha value is -2.18. The van der Waals surface area contributed by atoms with Crippen molar-refractivity contribution in [2.75, 3.05) is 12.4 Å². The number of nitrogens with one attached hydrogen (secondary N) is 1. The highest BCUT2D eigenvalue weighted by Gasteiger charge is 2.08. The fourth-order valence-electron chi connectivity index (χ4n) is 1.96. The van der Waals surface area contributed by atoms with E-state index in [9.17, 15) is 0 Å². The van der Waals surface area contributed by atoms with Gasteiger partial charge in [-0.15, -0.1) is 0 Å². The van der Waals surface area contributed by atoms with Gasteiger partial charge in [0.2, 0.25) is 0 Å². The molecule has 2 rings (SSSR count). The highest BCUT2D eigenvalue weighted by Crippen LogP contribution is 2.29. The first-order valence-corrected chi connectivity index (χ1v) is 6.62. The minimum absolute atomic E-state index is 0.0779. The van der Waals surface area contributed by atoms with Gasteiger partial charge in [-0.1, -0.05) is 23.7 Å². The quantitative estimate of drug-likeness (QED) is 0.906. The Balaban J connectivity index is 2.19. The maximum absolute atomic E-state index is 8.93. The molecule has 1 atom stereocenters. The van der Waals surface area contributed by atoms with E-state index in [1.54, 1.807) is 19.2 Å². The summed E-state index contributed by atoms with van der Waals surface area (Å²) < 4.78 is 5.19. The lowest BCUT2D eigenvalue weighted by Crippen LogP contribution is -2.06. The number of nitriles is 1. The number of benzene rings is 2. The molecule has 1 unspecified atom stereocenters. The monoisotopic (exact) mass is 286 g/mol. The summed E-state index contributed by atoms with van der Waals surface area (Å²) in [5.41, 5.74) is 2.63. The van der Waals surface area contributed by atoms with Gasteiger partial charge in [0, 0.05) is 17.8 Å². The number of methoxy groups -OCH3 is 1. The van der Waals surface area contributed by atoms with Crippen LogP contribution < -0.4 is 10.1 Å². The SMILES string of the molecule is COc1cc(NC(C)c2cccc(C#N)c2)ccc1Cl. The van der Waals surface area contributed by atoms with Crippen LogP contribution in [0.25, 0.3) is 0 Å². The first kappa shape index (κ1) is 14.2. The summed E-state index contributed by atoms with van der Waals surface area (Å²) in [6.45, 7) is 2.04. The van der Waals surface area contributed by atoms with Gasteiger partial charge >= 0.3 is 0 Å². The molecule has 2 aromatic carbocycles. The Morgan fingerprint density at radius 2 is 2.05 bits per heavy atom. The van der Waals surface area contributed by atoms with Gasteiger partial charge in [-0.3, -0.25) is 0 Å². The number of halogens is 1. The number of rotatable bonds is 4. The zero-order valence-corrected chi connectivity index (χ0v) is 12.1. The molecule has 3 nitrogen and oxygen atoms in total. The van der Waals surface area contributed by atoms with Gasteiger partial charge in [-0.2, -0.15) is 5.26 Å². The van der Waals surface area contributed by atoms with Crippen LogP contribution in [-0.4, -0.2) is 7.11 Å². The maximum atomic E-state index is 8.93. The summed E-state index contributed by atoms with van der Waals surface area (Å²) in [6.07, 6.45) is 0. The van der Waals surface area contributed by atoms with E-state index in [-0.39, 0.29) is 6.04 Å². The van der Waals surface area contributed by atoms with Crippen LogP contribution in [0.2, 0.25) is 5.02 Å². The van der Waals surface area contributed by atoms with Gasteiger partial charge in [-0.25, -0.2) is 0 Å². The van der Waals surface area contributed by atoms with E-state index in [1.807, 2.05) is 37.3 Å². The molecule has 1 N–H and O–H groups in total. The number of anilines is 1. The van der Waals surface area contributed by atoms with E-state index in [4.69, 9.17) is 21.6 Å². The number of hydrogen-bond donors (Lipinski definition) is 1. The van der Waals surface area contributed by atoms with Crippen molar-refractivity contribution in [1.29, 1.82) is 5.26 Å². The summed E-state index contributed by atoms with van der Waals surface area (Å²) in [5, 5.41) is 12.9. The molecule has 0 aliphatic carbocycles. The molecular weight excluding hydrogens is 272 g/mol. The Morgan fingerprint density at radius 3 is 2.75 bits per heavy atom. The van der Waals surface area contributed by atoms with Crippen molar-refractivity contribution in [3.05, 3.63) is 58.6 Å². The molecule has 0 saturated heterocycles. The van der Waals surface area contributed by atoms with E-state index in [0.29, 0.717) is 16.3 Å². The molecule has 0 fully saturated rings. The van der Waals surface area contributed by atoms with Crippen LogP contribution in [0, 0.1) is 11.3 Å². The molecule has 2 aromatic rings. The van der Waals surface area contributed by atoms with Crippen LogP contribution in [-0.2, 0) is 0 Å². The second kappa shape index (κ2) is 6.31. The summed E-state index contributed by atoms with van der Waals surface area (Å²) in [4.78, 5) is 0. The van der Waals surface area contributed by atoms with Crippen molar-refractivity contribution >= 4 is 17.3 Å². The average molecular weight is 287 g/mol. The minimum Gasteiger partial charge on any atom is -0.495 e. The molecule has 0 aromatic heterocycles. The van der Waals surface area contributed by atoms with Crippen molar-refractivity contribution < 1.29 is 4.74 Å². The first-order valence-electron chi connectivity index (χ1n) is 6.24. The predicted molar refractivity (Wildman–Crippen MR) is 81.2 cm³/mol. The second-order valence-electron chi connectivity index (χ2n) is 4.45. The fraction of sp³-hybridized carbons (Fsp3) is 0.188. The van der Waals surface area contributed by atoms with Crippen molar-refractivity contribution in [1.82, 2.24) is 0 Å². The molecule has 4 heteroatoms. The number of nitrogens with zero attached hydrogens (tertiary/aromatic N) is 1. The van der Waals surface area contributed by atoms with Crippen molar-refractivity contribution in [2.45, 2.75) is 13.0 Å². The largest absolute Gasteiger partial charge is 0.495 e. The Morgan fingerprint density at radius 1 is 1.25 bits per heavy atom. The molecular formula is C16H15ClN2O. The zero-order chi connectivity index (χ0) is 14.5. The van der Waals surface area contributed by atoms with Crippen molar-refractivity contribution in [2.24, 2.45) is 0 Å². The standard InChI is InChI=1S/C16H15ClN2O/c1-11(13-5-3-4-12(8-13)10-18)19-14-6-7-15(17)16(9-14)20-2/h3-9,11,19H,1-2H3. The molecule has 0 saturated carbocycles. The molecule has 0 aliphatic heterocycles. The summed E-state index contributed by atoms with van der Waals surface area (Å²) >= 11 is 6.00. The Labute approximate surface area is 123 Å². The van der Waals surface area contributed by atoms with E-state index in [1.165, 1.54) is 0 Å². The van der Waals surface area contributed by atoms with Crippen LogP contribution in [0.5, 0.6) is 5.75 Å². The Kier molecular flexibility index (Phi) is 4.49. The van der Waals surface area contributed by atoms with Crippen LogP contribution in [0.4, 0.5) is 5.69 Å². The van der Waals surface area contributed by atoms with Crippen LogP contribution in [0.1, 0.15) is 24.1 Å². The van der Waals surface area contributed by atoms with E-state index in [0.717, 1.165) is 11.3 Å². The van der Waals surface area contributed by atoms with Gasteiger partial charge in [0.1, 0.15) is 5.75 Å². The van der Waals surface area contributed by atoms with Crippen LogP contribution in [0.15, 0.2) is 42.5 Å². The van der Waals surface area contributed by atoms with E-state index in [2.05, 4.69) is 11.4 Å². The molecule has 102 valence electrons. The Bertz CT molecular complexity index is 649. The maximum Gasteiger partial charge on any atom is 0.139 e. The van der Waals surface area contributed by atoms with E-state index < -0.39 is 0 Å². The van der Waals surface area contributed by atoms with Crippen molar-refractivity contribution in [3.8, 4) is 11.8 Å². The third kappa shape index (κ3) is 3.23. The zero-order valence-electron chi connectivity index (χ0n) is 11.4. The summed E-state index contributed by atoms with van der Waals surface area (Å²) in [7, 11) is 1.59. The highest BCUT2D eigenvalue weighted by molar-refractivity contribution is 6.32. The first-order chi connectivity index (χ1) is 9.63.